The van der Waals surface area contributed by atoms with Gasteiger partial charge in [0.1, 0.15) is 5.92 Å². The Hall–Kier alpha value is -3.20. The van der Waals surface area contributed by atoms with Crippen molar-refractivity contribution in [3.8, 4) is 0 Å². The first-order valence-electron chi connectivity index (χ1n) is 9.30. The summed E-state index contributed by atoms with van der Waals surface area (Å²) in [5.41, 5.74) is 3.43. The van der Waals surface area contributed by atoms with E-state index in [0.29, 0.717) is 40.3 Å². The normalized spacial score (nSPS) is 16.1. The Balaban J connectivity index is 1.96. The molecule has 2 aromatic rings. The monoisotopic (exact) mass is 429 g/mol. The predicted octanol–water partition coefficient (Wildman–Crippen LogP) is 3.09. The standard InChI is InChI=1S/C21H23N3O5S/c1-5-17(22-14-7-9-15(10-8-14)24(2)30(4,27)28)19-16-12-13(21(26)29-3)6-11-18(16)23-20(19)25/h6-12,19H,5H2,1-4H3,(H,23,25). The molecule has 3 rings (SSSR count). The molecular formula is C21H23N3O5S. The number of benzene rings is 2. The van der Waals surface area contributed by atoms with Crippen LogP contribution in [0.3, 0.4) is 0 Å². The van der Waals surface area contributed by atoms with Crippen molar-refractivity contribution in [1.29, 1.82) is 0 Å². The van der Waals surface area contributed by atoms with E-state index in [9.17, 15) is 18.0 Å². The van der Waals surface area contributed by atoms with Crippen molar-refractivity contribution in [3.63, 3.8) is 0 Å². The third-order valence-corrected chi connectivity index (χ3v) is 6.19. The van der Waals surface area contributed by atoms with Gasteiger partial charge in [0.25, 0.3) is 0 Å². The largest absolute Gasteiger partial charge is 0.465 e. The Labute approximate surface area is 175 Å². The average Bonchev–Trinajstić information content (AvgIpc) is 3.05. The number of hydrogen-bond acceptors (Lipinski definition) is 6. The Morgan fingerprint density at radius 2 is 1.87 bits per heavy atom. The van der Waals surface area contributed by atoms with E-state index in [4.69, 9.17) is 4.74 Å². The highest BCUT2D eigenvalue weighted by Crippen LogP contribution is 2.36. The topological polar surface area (TPSA) is 105 Å². The molecule has 0 radical (unpaired) electrons. The van der Waals surface area contributed by atoms with Crippen LogP contribution in [0.1, 0.15) is 35.2 Å². The number of sulfonamides is 1. The number of carbonyl (C=O) groups is 2. The van der Waals surface area contributed by atoms with E-state index in [1.165, 1.54) is 18.5 Å². The van der Waals surface area contributed by atoms with Crippen molar-refractivity contribution in [1.82, 2.24) is 0 Å². The first kappa shape index (κ1) is 21.5. The third-order valence-electron chi connectivity index (χ3n) is 4.98. The predicted molar refractivity (Wildman–Crippen MR) is 116 cm³/mol. The maximum absolute atomic E-state index is 12.6. The molecule has 1 unspecified atom stereocenters. The second-order valence-electron chi connectivity index (χ2n) is 6.92. The number of ether oxygens (including phenoxy) is 1. The number of carbonyl (C=O) groups excluding carboxylic acids is 2. The zero-order valence-electron chi connectivity index (χ0n) is 17.2. The number of nitrogens with zero attached hydrogens (tertiary/aromatic N) is 2. The van der Waals surface area contributed by atoms with Crippen molar-refractivity contribution in [2.24, 2.45) is 4.99 Å². The summed E-state index contributed by atoms with van der Waals surface area (Å²) < 4.78 is 29.3. The number of nitrogens with one attached hydrogen (secondary N) is 1. The van der Waals surface area contributed by atoms with E-state index in [2.05, 4.69) is 10.3 Å². The molecule has 9 heteroatoms. The van der Waals surface area contributed by atoms with Gasteiger partial charge in [-0.05, 0) is 54.4 Å². The maximum Gasteiger partial charge on any atom is 0.337 e. The van der Waals surface area contributed by atoms with Crippen molar-refractivity contribution in [2.45, 2.75) is 19.3 Å². The molecular weight excluding hydrogens is 406 g/mol. The highest BCUT2D eigenvalue weighted by Gasteiger charge is 2.34. The lowest BCUT2D eigenvalue weighted by atomic mass is 9.92. The quantitative estimate of drug-likeness (QED) is 0.561. The molecule has 0 saturated heterocycles. The SMILES string of the molecule is CCC(=Nc1ccc(N(C)S(C)(=O)=O)cc1)C1C(=O)Nc2ccc(C(=O)OC)cc21. The minimum atomic E-state index is -3.36. The molecule has 1 heterocycles. The highest BCUT2D eigenvalue weighted by molar-refractivity contribution is 7.92. The number of fused-ring (bicyclic) bond motifs is 1. The molecule has 0 bridgehead atoms. The van der Waals surface area contributed by atoms with Gasteiger partial charge in [0.05, 0.1) is 30.3 Å². The van der Waals surface area contributed by atoms with Gasteiger partial charge < -0.3 is 10.1 Å². The van der Waals surface area contributed by atoms with Crippen molar-refractivity contribution < 1.29 is 22.7 Å². The molecule has 30 heavy (non-hydrogen) atoms. The van der Waals surface area contributed by atoms with Crippen LogP contribution in [0.2, 0.25) is 0 Å². The lowest BCUT2D eigenvalue weighted by Gasteiger charge is -2.16. The molecule has 0 saturated carbocycles. The molecule has 1 N–H and O–H groups in total. The van der Waals surface area contributed by atoms with Crippen LogP contribution < -0.4 is 9.62 Å². The summed E-state index contributed by atoms with van der Waals surface area (Å²) in [7, 11) is -0.575. The van der Waals surface area contributed by atoms with Crippen LogP contribution in [0.5, 0.6) is 0 Å². The molecule has 1 aliphatic rings. The molecule has 8 nitrogen and oxygen atoms in total. The average molecular weight is 429 g/mol. The summed E-state index contributed by atoms with van der Waals surface area (Å²) in [6, 6.07) is 11.7. The number of rotatable bonds is 6. The summed E-state index contributed by atoms with van der Waals surface area (Å²) in [5.74, 6) is -1.30. The third kappa shape index (κ3) is 4.20. The minimum absolute atomic E-state index is 0.207. The van der Waals surface area contributed by atoms with Crippen LogP contribution in [-0.2, 0) is 19.6 Å². The summed E-state index contributed by atoms with van der Waals surface area (Å²) in [4.78, 5) is 29.2. The molecule has 0 fully saturated rings. The fourth-order valence-electron chi connectivity index (χ4n) is 3.28. The number of amides is 1. The van der Waals surface area contributed by atoms with Crippen LogP contribution in [0, 0.1) is 0 Å². The molecule has 0 aliphatic carbocycles. The van der Waals surface area contributed by atoms with Gasteiger partial charge in [-0.2, -0.15) is 0 Å². The van der Waals surface area contributed by atoms with Gasteiger partial charge in [0.2, 0.25) is 15.9 Å². The minimum Gasteiger partial charge on any atom is -0.465 e. The first-order valence-corrected chi connectivity index (χ1v) is 11.1. The number of esters is 1. The maximum atomic E-state index is 12.6. The Kier molecular flexibility index (Phi) is 5.93. The molecule has 0 aromatic heterocycles. The van der Waals surface area contributed by atoms with Crippen LogP contribution in [0.25, 0.3) is 0 Å². The summed E-state index contributed by atoms with van der Waals surface area (Å²) >= 11 is 0. The van der Waals surface area contributed by atoms with Crippen LogP contribution in [0.4, 0.5) is 17.1 Å². The Bertz CT molecular complexity index is 1120. The van der Waals surface area contributed by atoms with Gasteiger partial charge >= 0.3 is 5.97 Å². The fraction of sp³-hybridized carbons (Fsp3) is 0.286. The van der Waals surface area contributed by atoms with Crippen LogP contribution in [0.15, 0.2) is 47.5 Å². The second-order valence-corrected chi connectivity index (χ2v) is 8.93. The lowest BCUT2D eigenvalue weighted by Crippen LogP contribution is -2.24. The van der Waals surface area contributed by atoms with Crippen molar-refractivity contribution >= 4 is 44.7 Å². The fourth-order valence-corrected chi connectivity index (χ4v) is 3.78. The van der Waals surface area contributed by atoms with Gasteiger partial charge in [-0.3, -0.25) is 14.1 Å². The van der Waals surface area contributed by atoms with Crippen LogP contribution >= 0.6 is 0 Å². The molecule has 0 spiro atoms. The van der Waals surface area contributed by atoms with Crippen molar-refractivity contribution in [3.05, 3.63) is 53.6 Å². The summed E-state index contributed by atoms with van der Waals surface area (Å²) in [6.07, 6.45) is 1.65. The van der Waals surface area contributed by atoms with Crippen LogP contribution in [-0.4, -0.2) is 46.4 Å². The smallest absolute Gasteiger partial charge is 0.337 e. The Morgan fingerprint density at radius 3 is 2.43 bits per heavy atom. The second kappa shape index (κ2) is 8.27. The van der Waals surface area contributed by atoms with Gasteiger partial charge in [-0.1, -0.05) is 6.92 Å². The molecule has 1 amide bonds. The summed E-state index contributed by atoms with van der Waals surface area (Å²) in [6.45, 7) is 1.90. The molecule has 158 valence electrons. The number of anilines is 2. The number of hydrogen-bond donors (Lipinski definition) is 1. The van der Waals surface area contributed by atoms with E-state index >= 15 is 0 Å². The highest BCUT2D eigenvalue weighted by atomic mass is 32.2. The lowest BCUT2D eigenvalue weighted by molar-refractivity contribution is -0.115. The van der Waals surface area contributed by atoms with E-state index < -0.39 is 21.9 Å². The van der Waals surface area contributed by atoms with Gasteiger partial charge in [0, 0.05) is 18.4 Å². The van der Waals surface area contributed by atoms with E-state index in [1.807, 2.05) is 6.92 Å². The van der Waals surface area contributed by atoms with Gasteiger partial charge in [0.15, 0.2) is 0 Å². The molecule has 1 aliphatic heterocycles. The van der Waals surface area contributed by atoms with E-state index in [-0.39, 0.29) is 5.91 Å². The number of methoxy groups -OCH3 is 1. The van der Waals surface area contributed by atoms with Crippen molar-refractivity contribution in [2.75, 3.05) is 30.0 Å². The van der Waals surface area contributed by atoms with Gasteiger partial charge in [-0.15, -0.1) is 0 Å². The number of aliphatic imine (C=N–C) groups is 1. The zero-order valence-corrected chi connectivity index (χ0v) is 18.0. The molecule has 1 atom stereocenters. The zero-order chi connectivity index (χ0) is 22.1. The van der Waals surface area contributed by atoms with E-state index in [0.717, 1.165) is 6.26 Å². The molecule has 2 aromatic carbocycles. The van der Waals surface area contributed by atoms with Gasteiger partial charge in [-0.25, -0.2) is 13.2 Å². The first-order chi connectivity index (χ1) is 14.2. The Morgan fingerprint density at radius 1 is 1.20 bits per heavy atom. The summed E-state index contributed by atoms with van der Waals surface area (Å²) in [5, 5.41) is 2.83. The van der Waals surface area contributed by atoms with E-state index in [1.54, 1.807) is 42.5 Å².